The van der Waals surface area contributed by atoms with Gasteiger partial charge in [0.25, 0.3) is 0 Å². The van der Waals surface area contributed by atoms with E-state index in [0.29, 0.717) is 10.9 Å². The summed E-state index contributed by atoms with van der Waals surface area (Å²) in [5, 5.41) is 18.3. The fourth-order valence-corrected chi connectivity index (χ4v) is 2.44. The average Bonchev–Trinajstić information content (AvgIpc) is 2.38. The lowest BCUT2D eigenvalue weighted by atomic mass is 9.78. The number of hydrazone groups is 1. The second kappa shape index (κ2) is 7.30. The number of benzene rings is 1. The van der Waals surface area contributed by atoms with Crippen LogP contribution in [0.5, 0.6) is 5.75 Å². The van der Waals surface area contributed by atoms with Gasteiger partial charge >= 0.3 is 0 Å². The lowest BCUT2D eigenvalue weighted by Gasteiger charge is -2.27. The molecule has 128 valence electrons. The lowest BCUT2D eigenvalue weighted by Crippen LogP contribution is -2.31. The number of thiocarbonyl (C=S) groups is 1. The molecule has 1 aromatic rings. The number of hydrogen-bond acceptors (Lipinski definition) is 3. The number of nitrogens with zero attached hydrogens (tertiary/aromatic N) is 1. The topological polar surface area (TPSA) is 56.7 Å². The van der Waals surface area contributed by atoms with Crippen LogP contribution in [-0.4, -0.2) is 23.0 Å². The molecule has 0 aliphatic heterocycles. The molecule has 1 aromatic carbocycles. The molecule has 3 N–H and O–H groups in total. The Morgan fingerprint density at radius 2 is 1.61 bits per heavy atom. The van der Waals surface area contributed by atoms with Crippen LogP contribution < -0.4 is 10.7 Å². The van der Waals surface area contributed by atoms with Crippen molar-refractivity contribution in [1.29, 1.82) is 0 Å². The van der Waals surface area contributed by atoms with E-state index in [4.69, 9.17) is 12.2 Å². The third kappa shape index (κ3) is 5.50. The van der Waals surface area contributed by atoms with Gasteiger partial charge in [0.1, 0.15) is 5.75 Å². The van der Waals surface area contributed by atoms with Crippen LogP contribution in [0.1, 0.15) is 65.2 Å². The van der Waals surface area contributed by atoms with E-state index in [1.165, 1.54) is 0 Å². The summed E-state index contributed by atoms with van der Waals surface area (Å²) in [6, 6.07) is 3.96. The van der Waals surface area contributed by atoms with Crippen LogP contribution in [0.3, 0.4) is 0 Å². The summed E-state index contributed by atoms with van der Waals surface area (Å²) in [6.07, 6.45) is 1.73. The number of nitrogens with one attached hydrogen (secondary N) is 2. The van der Waals surface area contributed by atoms with Crippen LogP contribution in [0.4, 0.5) is 0 Å². The van der Waals surface area contributed by atoms with E-state index in [-0.39, 0.29) is 10.8 Å². The van der Waals surface area contributed by atoms with E-state index in [0.717, 1.165) is 23.2 Å². The molecule has 0 unspecified atom stereocenters. The normalized spacial score (nSPS) is 12.5. The maximum absolute atomic E-state index is 10.7. The van der Waals surface area contributed by atoms with Crippen molar-refractivity contribution < 1.29 is 5.11 Å². The summed E-state index contributed by atoms with van der Waals surface area (Å²) in [5.41, 5.74) is 5.25. The van der Waals surface area contributed by atoms with E-state index < -0.39 is 0 Å². The highest BCUT2D eigenvalue weighted by molar-refractivity contribution is 7.80. The van der Waals surface area contributed by atoms with Gasteiger partial charge in [-0.1, -0.05) is 41.5 Å². The van der Waals surface area contributed by atoms with Crippen molar-refractivity contribution in [2.45, 2.75) is 59.3 Å². The van der Waals surface area contributed by atoms with Gasteiger partial charge in [0.2, 0.25) is 0 Å². The third-order valence-electron chi connectivity index (χ3n) is 3.47. The quantitative estimate of drug-likeness (QED) is 0.447. The second-order valence-corrected chi connectivity index (χ2v) is 8.10. The molecule has 0 saturated carbocycles. The van der Waals surface area contributed by atoms with Crippen LogP contribution in [0, 0.1) is 0 Å². The molecule has 0 amide bonds. The zero-order valence-electron chi connectivity index (χ0n) is 15.2. The number of hydrogen-bond donors (Lipinski definition) is 3. The summed E-state index contributed by atoms with van der Waals surface area (Å²) >= 11 is 5.08. The minimum absolute atomic E-state index is 0.152. The first-order valence-corrected chi connectivity index (χ1v) is 8.32. The Balaban J connectivity index is 3.23. The van der Waals surface area contributed by atoms with Crippen LogP contribution in [0.25, 0.3) is 0 Å². The lowest BCUT2D eigenvalue weighted by molar-refractivity contribution is 0.423. The van der Waals surface area contributed by atoms with Gasteiger partial charge in [-0.15, -0.1) is 0 Å². The molecule has 0 aromatic heterocycles. The molecule has 23 heavy (non-hydrogen) atoms. The Hall–Kier alpha value is -1.62. The van der Waals surface area contributed by atoms with Gasteiger partial charge in [-0.3, -0.25) is 5.43 Å². The minimum atomic E-state index is -0.152. The summed E-state index contributed by atoms with van der Waals surface area (Å²) in [5.74, 6) is 0.373. The first-order chi connectivity index (χ1) is 10.5. The van der Waals surface area contributed by atoms with Gasteiger partial charge in [0, 0.05) is 17.7 Å². The highest BCUT2D eigenvalue weighted by Gasteiger charge is 2.26. The zero-order chi connectivity index (χ0) is 17.8. The first kappa shape index (κ1) is 19.4. The SMILES string of the molecule is CCNC(=S)N/N=C/c1cc(C(C)(C)C)c(O)c(C(C)(C)C)c1. The fourth-order valence-electron chi connectivity index (χ4n) is 2.24. The third-order valence-corrected chi connectivity index (χ3v) is 3.70. The molecular weight excluding hydrogens is 306 g/mol. The first-order valence-electron chi connectivity index (χ1n) is 7.91. The Kier molecular flexibility index (Phi) is 6.17. The van der Waals surface area contributed by atoms with Gasteiger partial charge in [0.15, 0.2) is 5.11 Å². The van der Waals surface area contributed by atoms with Crippen molar-refractivity contribution >= 4 is 23.5 Å². The average molecular weight is 336 g/mol. The molecule has 4 nitrogen and oxygen atoms in total. The van der Waals surface area contributed by atoms with Crippen LogP contribution in [-0.2, 0) is 10.8 Å². The Morgan fingerprint density at radius 1 is 1.13 bits per heavy atom. The van der Waals surface area contributed by atoms with Gasteiger partial charge in [-0.05, 0) is 47.7 Å². The van der Waals surface area contributed by atoms with Crippen LogP contribution in [0.15, 0.2) is 17.2 Å². The van der Waals surface area contributed by atoms with Gasteiger partial charge in [-0.25, -0.2) is 0 Å². The van der Waals surface area contributed by atoms with Crippen molar-refractivity contribution in [3.8, 4) is 5.75 Å². The maximum Gasteiger partial charge on any atom is 0.186 e. The van der Waals surface area contributed by atoms with Crippen molar-refractivity contribution in [2.75, 3.05) is 6.54 Å². The van der Waals surface area contributed by atoms with Gasteiger partial charge in [-0.2, -0.15) is 5.10 Å². The molecule has 0 bridgehead atoms. The monoisotopic (exact) mass is 335 g/mol. The van der Waals surface area contributed by atoms with Gasteiger partial charge in [0.05, 0.1) is 6.21 Å². The summed E-state index contributed by atoms with van der Waals surface area (Å²) in [6.45, 7) is 15.3. The summed E-state index contributed by atoms with van der Waals surface area (Å²) in [4.78, 5) is 0. The van der Waals surface area contributed by atoms with Gasteiger partial charge < -0.3 is 10.4 Å². The molecular formula is C18H29N3OS. The van der Waals surface area contributed by atoms with Crippen LogP contribution in [0.2, 0.25) is 0 Å². The Bertz CT molecular complexity index is 560. The van der Waals surface area contributed by atoms with Crippen molar-refractivity contribution in [2.24, 2.45) is 5.10 Å². The second-order valence-electron chi connectivity index (χ2n) is 7.69. The van der Waals surface area contributed by atoms with Crippen molar-refractivity contribution in [1.82, 2.24) is 10.7 Å². The smallest absolute Gasteiger partial charge is 0.186 e. The molecule has 0 heterocycles. The largest absolute Gasteiger partial charge is 0.507 e. The molecule has 0 atom stereocenters. The molecule has 5 heteroatoms. The molecule has 0 spiro atoms. The standard InChI is InChI=1S/C18H29N3OS/c1-8-19-16(23)21-20-11-12-9-13(17(2,3)4)15(22)14(10-12)18(5,6)7/h9-11,22H,8H2,1-7H3,(H2,19,21,23)/b20-11+. The predicted molar refractivity (Wildman–Crippen MR) is 103 cm³/mol. The van der Waals surface area contributed by atoms with E-state index in [9.17, 15) is 5.11 Å². The molecule has 0 aliphatic rings. The number of rotatable bonds is 3. The minimum Gasteiger partial charge on any atom is -0.507 e. The van der Waals surface area contributed by atoms with E-state index in [1.807, 2.05) is 19.1 Å². The molecule has 0 aliphatic carbocycles. The zero-order valence-corrected chi connectivity index (χ0v) is 16.1. The number of phenols is 1. The fraction of sp³-hybridized carbons (Fsp3) is 0.556. The summed E-state index contributed by atoms with van der Waals surface area (Å²) in [7, 11) is 0. The van der Waals surface area contributed by atoms with E-state index in [2.05, 4.69) is 57.4 Å². The Morgan fingerprint density at radius 3 is 2.00 bits per heavy atom. The maximum atomic E-state index is 10.7. The van der Waals surface area contributed by atoms with Crippen molar-refractivity contribution in [3.63, 3.8) is 0 Å². The molecule has 0 fully saturated rings. The number of phenolic OH excluding ortho intramolecular Hbond substituents is 1. The summed E-state index contributed by atoms with van der Waals surface area (Å²) < 4.78 is 0. The highest BCUT2D eigenvalue weighted by Crippen LogP contribution is 2.39. The van der Waals surface area contributed by atoms with E-state index >= 15 is 0 Å². The Labute approximate surface area is 145 Å². The van der Waals surface area contributed by atoms with Crippen LogP contribution >= 0.6 is 12.2 Å². The van der Waals surface area contributed by atoms with E-state index in [1.54, 1.807) is 6.21 Å². The molecule has 0 saturated heterocycles. The predicted octanol–water partition coefficient (Wildman–Crippen LogP) is 3.81. The molecule has 1 rings (SSSR count). The highest BCUT2D eigenvalue weighted by atomic mass is 32.1. The molecule has 0 radical (unpaired) electrons. The number of aromatic hydroxyl groups is 1. The van der Waals surface area contributed by atoms with Crippen molar-refractivity contribution in [3.05, 3.63) is 28.8 Å².